The molecule has 1 unspecified atom stereocenters. The van der Waals surface area contributed by atoms with Gasteiger partial charge in [-0.15, -0.1) is 0 Å². The van der Waals surface area contributed by atoms with Crippen molar-refractivity contribution in [3.8, 4) is 0 Å². The largest absolute Gasteiger partial charge is 0.359 e. The monoisotopic (exact) mass is 335 g/mol. The fraction of sp³-hybridized carbons (Fsp3) is 0.647. The van der Waals surface area contributed by atoms with E-state index in [1.54, 1.807) is 18.4 Å². The highest BCUT2D eigenvalue weighted by molar-refractivity contribution is 7.07. The number of nitrogens with one attached hydrogen (secondary N) is 2. The van der Waals surface area contributed by atoms with E-state index in [4.69, 9.17) is 0 Å². The molecule has 126 valence electrons. The molecule has 1 saturated carbocycles. The Bertz CT molecular complexity index is 538. The van der Waals surface area contributed by atoms with Crippen LogP contribution in [0.4, 0.5) is 4.79 Å². The van der Waals surface area contributed by atoms with E-state index in [1.165, 1.54) is 5.56 Å². The average Bonchev–Trinajstić information content (AvgIpc) is 3.25. The molecule has 0 aromatic carbocycles. The van der Waals surface area contributed by atoms with Crippen molar-refractivity contribution in [3.63, 3.8) is 0 Å². The van der Waals surface area contributed by atoms with E-state index < -0.39 is 0 Å². The van der Waals surface area contributed by atoms with Crippen LogP contribution in [0.25, 0.3) is 0 Å². The van der Waals surface area contributed by atoms with Gasteiger partial charge in [-0.1, -0.05) is 0 Å². The first-order valence-corrected chi connectivity index (χ1v) is 9.44. The Hall–Kier alpha value is -1.56. The summed E-state index contributed by atoms with van der Waals surface area (Å²) >= 11 is 1.68. The van der Waals surface area contributed by atoms with Crippen molar-refractivity contribution in [3.05, 3.63) is 22.4 Å². The molecule has 1 aromatic rings. The number of amides is 3. The summed E-state index contributed by atoms with van der Waals surface area (Å²) in [5.74, 6) is 0.241. The summed E-state index contributed by atoms with van der Waals surface area (Å²) in [5.41, 5.74) is 1.26. The van der Waals surface area contributed by atoms with Crippen molar-refractivity contribution in [1.82, 2.24) is 15.5 Å². The highest BCUT2D eigenvalue weighted by Gasteiger charge is 2.32. The van der Waals surface area contributed by atoms with E-state index in [0.717, 1.165) is 45.1 Å². The van der Waals surface area contributed by atoms with E-state index in [9.17, 15) is 9.59 Å². The lowest BCUT2D eigenvalue weighted by molar-refractivity contribution is -0.125. The van der Waals surface area contributed by atoms with Crippen LogP contribution in [0.1, 0.15) is 50.1 Å². The van der Waals surface area contributed by atoms with Crippen LogP contribution in [-0.4, -0.2) is 36.5 Å². The smallest absolute Gasteiger partial charge is 0.318 e. The SMILES string of the molecule is CNC(=O)C1CCC(NC(=O)N2CCCC2c2ccsc2)CC1. The minimum Gasteiger partial charge on any atom is -0.359 e. The van der Waals surface area contributed by atoms with Crippen LogP contribution in [0.5, 0.6) is 0 Å². The highest BCUT2D eigenvalue weighted by Crippen LogP contribution is 2.33. The molecule has 3 rings (SSSR count). The normalized spacial score (nSPS) is 27.7. The standard InChI is InChI=1S/C17H25N3O2S/c1-18-16(21)12-4-6-14(7-5-12)19-17(22)20-9-2-3-15(20)13-8-10-23-11-13/h8,10-12,14-15H,2-7,9H2,1H3,(H,18,21)(H,19,22). The number of rotatable bonds is 3. The van der Waals surface area contributed by atoms with Crippen LogP contribution >= 0.6 is 11.3 Å². The van der Waals surface area contributed by atoms with Gasteiger partial charge < -0.3 is 15.5 Å². The number of thiophene rings is 1. The van der Waals surface area contributed by atoms with E-state index in [-0.39, 0.29) is 29.9 Å². The van der Waals surface area contributed by atoms with Gasteiger partial charge in [0.25, 0.3) is 0 Å². The third-order valence-corrected chi connectivity index (χ3v) is 5.82. The van der Waals surface area contributed by atoms with E-state index >= 15 is 0 Å². The van der Waals surface area contributed by atoms with Gasteiger partial charge in [0, 0.05) is 25.6 Å². The van der Waals surface area contributed by atoms with Gasteiger partial charge >= 0.3 is 6.03 Å². The zero-order chi connectivity index (χ0) is 16.2. The Morgan fingerprint density at radius 3 is 2.65 bits per heavy atom. The van der Waals surface area contributed by atoms with Gasteiger partial charge in [-0.3, -0.25) is 4.79 Å². The highest BCUT2D eigenvalue weighted by atomic mass is 32.1. The second kappa shape index (κ2) is 7.34. The predicted molar refractivity (Wildman–Crippen MR) is 91.3 cm³/mol. The molecule has 0 bridgehead atoms. The summed E-state index contributed by atoms with van der Waals surface area (Å²) in [5, 5.41) is 10.1. The van der Waals surface area contributed by atoms with Crippen molar-refractivity contribution in [1.29, 1.82) is 0 Å². The summed E-state index contributed by atoms with van der Waals surface area (Å²) in [6.07, 6.45) is 5.61. The lowest BCUT2D eigenvalue weighted by Gasteiger charge is -2.31. The Morgan fingerprint density at radius 1 is 1.22 bits per heavy atom. The fourth-order valence-corrected chi connectivity index (χ4v) is 4.49. The summed E-state index contributed by atoms with van der Waals surface area (Å²) in [4.78, 5) is 26.3. The average molecular weight is 335 g/mol. The molecule has 1 atom stereocenters. The molecule has 23 heavy (non-hydrogen) atoms. The van der Waals surface area contributed by atoms with Crippen LogP contribution in [0.15, 0.2) is 16.8 Å². The lowest BCUT2D eigenvalue weighted by atomic mass is 9.85. The van der Waals surface area contributed by atoms with Crippen molar-refractivity contribution in [2.24, 2.45) is 5.92 Å². The van der Waals surface area contributed by atoms with Crippen molar-refractivity contribution in [2.45, 2.75) is 50.6 Å². The molecule has 5 nitrogen and oxygen atoms in total. The van der Waals surface area contributed by atoms with Gasteiger partial charge in [-0.05, 0) is 60.9 Å². The number of hydrogen-bond acceptors (Lipinski definition) is 3. The minimum atomic E-state index is 0.0575. The van der Waals surface area contributed by atoms with Crippen LogP contribution in [0, 0.1) is 5.92 Å². The molecule has 6 heteroatoms. The van der Waals surface area contributed by atoms with E-state index in [2.05, 4.69) is 27.5 Å². The molecule has 3 amide bonds. The molecule has 0 radical (unpaired) electrons. The van der Waals surface area contributed by atoms with Crippen LogP contribution in [-0.2, 0) is 4.79 Å². The number of urea groups is 1. The zero-order valence-corrected chi connectivity index (χ0v) is 14.4. The second-order valence-electron chi connectivity index (χ2n) is 6.52. The molecule has 1 aliphatic heterocycles. The van der Waals surface area contributed by atoms with Gasteiger partial charge in [0.15, 0.2) is 0 Å². The molecule has 2 aliphatic rings. The Balaban J connectivity index is 1.52. The maximum absolute atomic E-state index is 12.6. The van der Waals surface area contributed by atoms with E-state index in [0.29, 0.717) is 0 Å². The summed E-state index contributed by atoms with van der Waals surface area (Å²) < 4.78 is 0. The summed E-state index contributed by atoms with van der Waals surface area (Å²) in [7, 11) is 1.69. The van der Waals surface area contributed by atoms with E-state index in [1.807, 2.05) is 4.90 Å². The fourth-order valence-electron chi connectivity index (χ4n) is 3.78. The number of hydrogen-bond donors (Lipinski definition) is 2. The second-order valence-corrected chi connectivity index (χ2v) is 7.30. The third-order valence-electron chi connectivity index (χ3n) is 5.11. The predicted octanol–water partition coefficient (Wildman–Crippen LogP) is 2.90. The zero-order valence-electron chi connectivity index (χ0n) is 13.6. The van der Waals surface area contributed by atoms with Gasteiger partial charge in [0.1, 0.15) is 0 Å². The lowest BCUT2D eigenvalue weighted by Crippen LogP contribution is -2.46. The van der Waals surface area contributed by atoms with Crippen LogP contribution in [0.2, 0.25) is 0 Å². The molecule has 1 saturated heterocycles. The molecule has 2 N–H and O–H groups in total. The molecule has 1 aromatic heterocycles. The van der Waals surface area contributed by atoms with Crippen molar-refractivity contribution in [2.75, 3.05) is 13.6 Å². The van der Waals surface area contributed by atoms with Gasteiger partial charge in [-0.25, -0.2) is 4.79 Å². The van der Waals surface area contributed by atoms with Crippen LogP contribution in [0.3, 0.4) is 0 Å². The molecule has 1 aliphatic carbocycles. The topological polar surface area (TPSA) is 61.4 Å². The van der Waals surface area contributed by atoms with Gasteiger partial charge in [-0.2, -0.15) is 11.3 Å². The van der Waals surface area contributed by atoms with Gasteiger partial charge in [0.05, 0.1) is 6.04 Å². The number of nitrogens with zero attached hydrogens (tertiary/aromatic N) is 1. The summed E-state index contributed by atoms with van der Waals surface area (Å²) in [6.45, 7) is 0.833. The quantitative estimate of drug-likeness (QED) is 0.892. The maximum atomic E-state index is 12.6. The Kier molecular flexibility index (Phi) is 5.20. The Labute approximate surface area is 141 Å². The van der Waals surface area contributed by atoms with Gasteiger partial charge in [0.2, 0.25) is 5.91 Å². The first kappa shape index (κ1) is 16.3. The van der Waals surface area contributed by atoms with Crippen molar-refractivity contribution >= 4 is 23.3 Å². The Morgan fingerprint density at radius 2 is 2.00 bits per heavy atom. The molecular weight excluding hydrogens is 310 g/mol. The van der Waals surface area contributed by atoms with Crippen LogP contribution < -0.4 is 10.6 Å². The number of carbonyl (C=O) groups is 2. The number of carbonyl (C=O) groups excluding carboxylic acids is 2. The molecular formula is C17H25N3O2S. The number of likely N-dealkylation sites (tertiary alicyclic amines) is 1. The molecule has 2 fully saturated rings. The molecule has 0 spiro atoms. The third kappa shape index (κ3) is 3.68. The van der Waals surface area contributed by atoms with Crippen molar-refractivity contribution < 1.29 is 9.59 Å². The first-order valence-electron chi connectivity index (χ1n) is 8.50. The minimum absolute atomic E-state index is 0.0575. The first-order chi connectivity index (χ1) is 11.2. The summed E-state index contributed by atoms with van der Waals surface area (Å²) in [6, 6.07) is 2.60. The maximum Gasteiger partial charge on any atom is 0.318 e. The molecule has 2 heterocycles.